The Labute approximate surface area is 147 Å². The molecule has 1 aliphatic heterocycles. The fourth-order valence-electron chi connectivity index (χ4n) is 3.45. The van der Waals surface area contributed by atoms with Crippen molar-refractivity contribution in [3.05, 3.63) is 71.5 Å². The smallest absolute Gasteiger partial charge is 0.254 e. The Morgan fingerprint density at radius 3 is 2.48 bits per heavy atom. The number of rotatable bonds is 4. The summed E-state index contributed by atoms with van der Waals surface area (Å²) in [5, 5.41) is 3.10. The highest BCUT2D eigenvalue weighted by Crippen LogP contribution is 2.38. The van der Waals surface area contributed by atoms with E-state index in [9.17, 15) is 4.79 Å². The van der Waals surface area contributed by atoms with E-state index in [2.05, 4.69) is 23.5 Å². The van der Waals surface area contributed by atoms with Crippen molar-refractivity contribution in [3.63, 3.8) is 0 Å². The average molecular weight is 332 g/mol. The van der Waals surface area contributed by atoms with Gasteiger partial charge in [-0.05, 0) is 41.9 Å². The van der Waals surface area contributed by atoms with E-state index in [0.717, 1.165) is 39.3 Å². The van der Waals surface area contributed by atoms with Crippen LogP contribution in [0.1, 0.15) is 21.7 Å². The number of furan rings is 1. The standard InChI is InChI=1S/C21H20N2O2/c1-22-12-14-10-11-20(25-14)17-7-4-3-6-15(17)16-8-5-9-18-19(16)13-23(2)21(18)24/h3-11,22H,12-13H2,1-2H3. The van der Waals surface area contributed by atoms with Gasteiger partial charge in [0.25, 0.3) is 5.91 Å². The minimum absolute atomic E-state index is 0.0867. The molecule has 4 heteroatoms. The van der Waals surface area contributed by atoms with Gasteiger partial charge in [-0.25, -0.2) is 0 Å². The van der Waals surface area contributed by atoms with Crippen molar-refractivity contribution >= 4 is 5.91 Å². The summed E-state index contributed by atoms with van der Waals surface area (Å²) < 4.78 is 5.99. The Morgan fingerprint density at radius 1 is 0.960 bits per heavy atom. The first-order valence-corrected chi connectivity index (χ1v) is 8.39. The van der Waals surface area contributed by atoms with Crippen LogP contribution in [0.5, 0.6) is 0 Å². The molecule has 0 fully saturated rings. The van der Waals surface area contributed by atoms with Crippen molar-refractivity contribution < 1.29 is 9.21 Å². The SMILES string of the molecule is CNCc1ccc(-c2ccccc2-c2cccc3c2CN(C)C3=O)o1. The molecule has 1 aliphatic rings. The molecule has 2 aromatic carbocycles. The molecule has 0 spiro atoms. The van der Waals surface area contributed by atoms with E-state index in [1.54, 1.807) is 4.90 Å². The Hall–Kier alpha value is -2.85. The largest absolute Gasteiger partial charge is 0.460 e. The lowest BCUT2D eigenvalue weighted by atomic mass is 9.92. The Kier molecular flexibility index (Phi) is 3.90. The lowest BCUT2D eigenvalue weighted by Crippen LogP contribution is -2.17. The Bertz CT molecular complexity index is 943. The van der Waals surface area contributed by atoms with Gasteiger partial charge in [-0.3, -0.25) is 4.79 Å². The molecule has 0 aliphatic carbocycles. The van der Waals surface area contributed by atoms with E-state index >= 15 is 0 Å². The van der Waals surface area contributed by atoms with Crippen LogP contribution in [0.4, 0.5) is 0 Å². The number of hydrogen-bond donors (Lipinski definition) is 1. The molecule has 4 rings (SSSR count). The fraction of sp³-hybridized carbons (Fsp3) is 0.190. The maximum atomic E-state index is 12.3. The molecule has 4 nitrogen and oxygen atoms in total. The first-order valence-electron chi connectivity index (χ1n) is 8.39. The molecule has 1 amide bonds. The van der Waals surface area contributed by atoms with Gasteiger partial charge < -0.3 is 14.6 Å². The Morgan fingerprint density at radius 2 is 1.68 bits per heavy atom. The topological polar surface area (TPSA) is 45.5 Å². The summed E-state index contributed by atoms with van der Waals surface area (Å²) in [5.74, 6) is 1.83. The Balaban J connectivity index is 1.85. The van der Waals surface area contributed by atoms with Gasteiger partial charge in [0.15, 0.2) is 0 Å². The maximum absolute atomic E-state index is 12.3. The molecular weight excluding hydrogens is 312 g/mol. The number of fused-ring (bicyclic) bond motifs is 1. The summed E-state index contributed by atoms with van der Waals surface area (Å²) in [6.07, 6.45) is 0. The van der Waals surface area contributed by atoms with Crippen molar-refractivity contribution in [2.45, 2.75) is 13.1 Å². The molecular formula is C21H20N2O2. The molecule has 0 saturated carbocycles. The number of nitrogens with zero attached hydrogens (tertiary/aromatic N) is 1. The average Bonchev–Trinajstić information content (AvgIpc) is 3.21. The zero-order chi connectivity index (χ0) is 17.4. The van der Waals surface area contributed by atoms with Gasteiger partial charge in [0.05, 0.1) is 6.54 Å². The van der Waals surface area contributed by atoms with Crippen LogP contribution >= 0.6 is 0 Å². The highest BCUT2D eigenvalue weighted by Gasteiger charge is 2.27. The van der Waals surface area contributed by atoms with Crippen molar-refractivity contribution in [3.8, 4) is 22.5 Å². The molecule has 0 unspecified atom stereocenters. The van der Waals surface area contributed by atoms with Gasteiger partial charge in [-0.1, -0.05) is 36.4 Å². The van der Waals surface area contributed by atoms with E-state index in [0.29, 0.717) is 13.1 Å². The second-order valence-corrected chi connectivity index (χ2v) is 6.33. The third-order valence-corrected chi connectivity index (χ3v) is 4.64. The van der Waals surface area contributed by atoms with Crippen LogP contribution in [-0.2, 0) is 13.1 Å². The number of carbonyl (C=O) groups excluding carboxylic acids is 1. The summed E-state index contributed by atoms with van der Waals surface area (Å²) in [5.41, 5.74) is 5.11. The minimum atomic E-state index is 0.0867. The molecule has 0 bridgehead atoms. The van der Waals surface area contributed by atoms with Crippen LogP contribution in [0, 0.1) is 0 Å². The molecule has 25 heavy (non-hydrogen) atoms. The van der Waals surface area contributed by atoms with E-state index in [4.69, 9.17) is 4.42 Å². The summed E-state index contributed by atoms with van der Waals surface area (Å²) in [7, 11) is 3.74. The molecule has 2 heterocycles. The lowest BCUT2D eigenvalue weighted by molar-refractivity contribution is 0.0816. The van der Waals surface area contributed by atoms with Crippen molar-refractivity contribution in [2.75, 3.05) is 14.1 Å². The molecule has 1 N–H and O–H groups in total. The monoisotopic (exact) mass is 332 g/mol. The van der Waals surface area contributed by atoms with Crippen molar-refractivity contribution in [2.24, 2.45) is 0 Å². The van der Waals surface area contributed by atoms with Crippen LogP contribution in [0.2, 0.25) is 0 Å². The number of amides is 1. The summed E-state index contributed by atoms with van der Waals surface area (Å²) in [6.45, 7) is 1.34. The van der Waals surface area contributed by atoms with Crippen molar-refractivity contribution in [1.82, 2.24) is 10.2 Å². The fourth-order valence-corrected chi connectivity index (χ4v) is 3.45. The molecule has 0 saturated heterocycles. The zero-order valence-corrected chi connectivity index (χ0v) is 14.4. The van der Waals surface area contributed by atoms with Gasteiger partial charge >= 0.3 is 0 Å². The van der Waals surface area contributed by atoms with E-state index < -0.39 is 0 Å². The van der Waals surface area contributed by atoms with Crippen LogP contribution in [0.3, 0.4) is 0 Å². The van der Waals surface area contributed by atoms with Gasteiger partial charge in [-0.15, -0.1) is 0 Å². The summed E-state index contributed by atoms with van der Waals surface area (Å²) in [4.78, 5) is 14.1. The molecule has 0 radical (unpaired) electrons. The van der Waals surface area contributed by atoms with Crippen LogP contribution in [0.15, 0.2) is 59.0 Å². The highest BCUT2D eigenvalue weighted by atomic mass is 16.3. The second kappa shape index (κ2) is 6.22. The number of benzene rings is 2. The zero-order valence-electron chi connectivity index (χ0n) is 14.4. The number of hydrogen-bond acceptors (Lipinski definition) is 3. The van der Waals surface area contributed by atoms with Crippen molar-refractivity contribution in [1.29, 1.82) is 0 Å². The van der Waals surface area contributed by atoms with E-state index in [1.165, 1.54) is 0 Å². The van der Waals surface area contributed by atoms with Gasteiger partial charge in [0, 0.05) is 24.7 Å². The molecule has 0 atom stereocenters. The van der Waals surface area contributed by atoms with E-state index in [-0.39, 0.29) is 5.91 Å². The number of nitrogens with one attached hydrogen (secondary N) is 1. The third-order valence-electron chi connectivity index (χ3n) is 4.64. The first-order chi connectivity index (χ1) is 12.2. The highest BCUT2D eigenvalue weighted by molar-refractivity contribution is 6.01. The number of carbonyl (C=O) groups is 1. The first kappa shape index (κ1) is 15.7. The van der Waals surface area contributed by atoms with E-state index in [1.807, 2.05) is 50.5 Å². The third kappa shape index (κ3) is 2.65. The normalized spacial score (nSPS) is 13.4. The second-order valence-electron chi connectivity index (χ2n) is 6.33. The predicted octanol–water partition coefficient (Wildman–Crippen LogP) is 3.92. The van der Waals surface area contributed by atoms with Crippen LogP contribution < -0.4 is 5.32 Å². The quantitative estimate of drug-likeness (QED) is 0.788. The van der Waals surface area contributed by atoms with Gasteiger partial charge in [-0.2, -0.15) is 0 Å². The summed E-state index contributed by atoms with van der Waals surface area (Å²) in [6, 6.07) is 18.1. The van der Waals surface area contributed by atoms with Crippen LogP contribution in [0.25, 0.3) is 22.5 Å². The molecule has 1 aromatic heterocycles. The van der Waals surface area contributed by atoms with Gasteiger partial charge in [0.1, 0.15) is 11.5 Å². The maximum Gasteiger partial charge on any atom is 0.254 e. The van der Waals surface area contributed by atoms with Crippen LogP contribution in [-0.4, -0.2) is 24.9 Å². The molecule has 3 aromatic rings. The summed E-state index contributed by atoms with van der Waals surface area (Å²) >= 11 is 0. The minimum Gasteiger partial charge on any atom is -0.460 e. The lowest BCUT2D eigenvalue weighted by Gasteiger charge is -2.12. The molecule has 126 valence electrons. The predicted molar refractivity (Wildman–Crippen MR) is 98.1 cm³/mol. The van der Waals surface area contributed by atoms with Gasteiger partial charge in [0.2, 0.25) is 0 Å².